The molecule has 0 saturated carbocycles. The van der Waals surface area contributed by atoms with Gasteiger partial charge in [0.1, 0.15) is 5.82 Å². The van der Waals surface area contributed by atoms with Gasteiger partial charge < -0.3 is 5.73 Å². The van der Waals surface area contributed by atoms with Crippen molar-refractivity contribution in [3.63, 3.8) is 0 Å². The van der Waals surface area contributed by atoms with Crippen LogP contribution in [0.3, 0.4) is 0 Å². The Kier molecular flexibility index (Phi) is 3.28. The molecule has 1 nitrogen and oxygen atoms in total. The van der Waals surface area contributed by atoms with Gasteiger partial charge in [-0.3, -0.25) is 0 Å². The molecule has 2 N–H and O–H groups in total. The van der Waals surface area contributed by atoms with Crippen molar-refractivity contribution in [1.82, 2.24) is 0 Å². The molecule has 1 rings (SSSR count). The zero-order chi connectivity index (χ0) is 10.0. The first-order valence-electron chi connectivity index (χ1n) is 4.21. The molecule has 3 heteroatoms. The van der Waals surface area contributed by atoms with E-state index >= 15 is 0 Å². The molecule has 1 aromatic rings. The topological polar surface area (TPSA) is 26.0 Å². The normalized spacial score (nSPS) is 13.0. The van der Waals surface area contributed by atoms with Gasteiger partial charge in [0.2, 0.25) is 0 Å². The predicted octanol–water partition coefficient (Wildman–Crippen LogP) is 2.68. The Labute approximate surface area is 82.7 Å². The van der Waals surface area contributed by atoms with Crippen LogP contribution in [0.1, 0.15) is 18.1 Å². The van der Waals surface area contributed by atoms with Crippen LogP contribution in [0.15, 0.2) is 12.1 Å². The Morgan fingerprint density at radius 1 is 1.54 bits per heavy atom. The van der Waals surface area contributed by atoms with Gasteiger partial charge in [-0.05, 0) is 43.5 Å². The van der Waals surface area contributed by atoms with Crippen molar-refractivity contribution in [3.05, 3.63) is 34.1 Å². The lowest BCUT2D eigenvalue weighted by Gasteiger charge is -2.08. The highest BCUT2D eigenvalue weighted by molar-refractivity contribution is 6.30. The Balaban J connectivity index is 3.05. The van der Waals surface area contributed by atoms with Crippen molar-refractivity contribution >= 4 is 11.6 Å². The second-order valence-corrected chi connectivity index (χ2v) is 3.81. The Morgan fingerprint density at radius 3 is 2.69 bits per heavy atom. The Morgan fingerprint density at radius 2 is 2.15 bits per heavy atom. The van der Waals surface area contributed by atoms with E-state index in [4.69, 9.17) is 17.3 Å². The lowest BCUT2D eigenvalue weighted by atomic mass is 10.0. The summed E-state index contributed by atoms with van der Waals surface area (Å²) >= 11 is 5.80. The van der Waals surface area contributed by atoms with Gasteiger partial charge in [0.25, 0.3) is 0 Å². The number of aryl methyl sites for hydroxylation is 1. The van der Waals surface area contributed by atoms with Gasteiger partial charge in [0.15, 0.2) is 0 Å². The maximum absolute atomic E-state index is 13.4. The van der Waals surface area contributed by atoms with E-state index in [1.165, 1.54) is 0 Å². The van der Waals surface area contributed by atoms with E-state index in [1.807, 2.05) is 6.92 Å². The molecule has 0 spiro atoms. The predicted molar refractivity (Wildman–Crippen MR) is 53.5 cm³/mol. The van der Waals surface area contributed by atoms with Gasteiger partial charge in [-0.1, -0.05) is 11.6 Å². The van der Waals surface area contributed by atoms with Gasteiger partial charge in [-0.15, -0.1) is 0 Å². The van der Waals surface area contributed by atoms with E-state index in [9.17, 15) is 4.39 Å². The minimum absolute atomic E-state index is 0.0487. The maximum atomic E-state index is 13.4. The van der Waals surface area contributed by atoms with E-state index in [2.05, 4.69) is 0 Å². The van der Waals surface area contributed by atoms with Crippen LogP contribution in [0.5, 0.6) is 0 Å². The highest BCUT2D eigenvalue weighted by atomic mass is 35.5. The van der Waals surface area contributed by atoms with Crippen molar-refractivity contribution in [2.75, 3.05) is 0 Å². The van der Waals surface area contributed by atoms with Crippen LogP contribution in [0.2, 0.25) is 5.02 Å². The molecule has 0 aliphatic heterocycles. The number of halogens is 2. The summed E-state index contributed by atoms with van der Waals surface area (Å²) in [6.07, 6.45) is 0.521. The molecule has 0 saturated heterocycles. The average Bonchev–Trinajstić information content (AvgIpc) is 1.98. The lowest BCUT2D eigenvalue weighted by molar-refractivity contribution is 0.588. The summed E-state index contributed by atoms with van der Waals surface area (Å²) in [5.41, 5.74) is 6.75. The summed E-state index contributed by atoms with van der Waals surface area (Å²) in [6, 6.07) is 3.20. The number of hydrogen-bond donors (Lipinski definition) is 1. The van der Waals surface area contributed by atoms with Crippen LogP contribution in [0.25, 0.3) is 0 Å². The van der Waals surface area contributed by atoms with Crippen LogP contribution >= 0.6 is 11.6 Å². The summed E-state index contributed by atoms with van der Waals surface area (Å²) in [6.45, 7) is 3.54. The number of nitrogens with two attached hydrogens (primary N) is 1. The molecule has 0 fully saturated rings. The third-order valence-corrected chi connectivity index (χ3v) is 2.05. The van der Waals surface area contributed by atoms with Gasteiger partial charge >= 0.3 is 0 Å². The molecular weight excluding hydrogens is 189 g/mol. The summed E-state index contributed by atoms with van der Waals surface area (Å²) in [5.74, 6) is -0.193. The second-order valence-electron chi connectivity index (χ2n) is 3.38. The minimum Gasteiger partial charge on any atom is -0.328 e. The standard InChI is InChI=1S/C10H13ClFN/c1-6-3-9(11)5-8(10(6)12)4-7(2)13/h3,5,7H,4,13H2,1-2H3. The van der Waals surface area contributed by atoms with E-state index in [0.29, 0.717) is 22.6 Å². The van der Waals surface area contributed by atoms with Crippen LogP contribution < -0.4 is 5.73 Å². The summed E-state index contributed by atoms with van der Waals surface area (Å²) in [4.78, 5) is 0. The molecule has 72 valence electrons. The van der Waals surface area contributed by atoms with E-state index < -0.39 is 0 Å². The van der Waals surface area contributed by atoms with Crippen molar-refractivity contribution in [1.29, 1.82) is 0 Å². The first-order chi connectivity index (χ1) is 6.00. The Hall–Kier alpha value is -0.600. The molecule has 0 amide bonds. The molecule has 1 atom stereocenters. The maximum Gasteiger partial charge on any atom is 0.129 e. The zero-order valence-electron chi connectivity index (χ0n) is 7.77. The molecule has 0 aliphatic carbocycles. The van der Waals surface area contributed by atoms with Gasteiger partial charge in [0.05, 0.1) is 0 Å². The van der Waals surface area contributed by atoms with E-state index in [-0.39, 0.29) is 11.9 Å². The van der Waals surface area contributed by atoms with Crippen molar-refractivity contribution in [2.45, 2.75) is 26.3 Å². The molecule has 13 heavy (non-hydrogen) atoms. The fourth-order valence-electron chi connectivity index (χ4n) is 1.29. The molecule has 1 aromatic carbocycles. The molecule has 0 heterocycles. The number of rotatable bonds is 2. The molecule has 0 radical (unpaired) electrons. The van der Waals surface area contributed by atoms with E-state index in [1.54, 1.807) is 19.1 Å². The third-order valence-electron chi connectivity index (χ3n) is 1.84. The van der Waals surface area contributed by atoms with Crippen molar-refractivity contribution < 1.29 is 4.39 Å². The smallest absolute Gasteiger partial charge is 0.129 e. The Bertz CT molecular complexity index is 310. The van der Waals surface area contributed by atoms with Crippen molar-refractivity contribution in [2.24, 2.45) is 5.73 Å². The number of benzene rings is 1. The van der Waals surface area contributed by atoms with Gasteiger partial charge in [-0.2, -0.15) is 0 Å². The highest BCUT2D eigenvalue weighted by Crippen LogP contribution is 2.20. The minimum atomic E-state index is -0.193. The monoisotopic (exact) mass is 201 g/mol. The van der Waals surface area contributed by atoms with Gasteiger partial charge in [-0.25, -0.2) is 4.39 Å². The molecular formula is C10H13ClFN. The highest BCUT2D eigenvalue weighted by Gasteiger charge is 2.08. The second kappa shape index (κ2) is 4.07. The molecule has 1 unspecified atom stereocenters. The largest absolute Gasteiger partial charge is 0.328 e. The molecule has 0 bridgehead atoms. The summed E-state index contributed by atoms with van der Waals surface area (Å²) < 4.78 is 13.4. The lowest BCUT2D eigenvalue weighted by Crippen LogP contribution is -2.18. The zero-order valence-corrected chi connectivity index (χ0v) is 8.53. The first kappa shape index (κ1) is 10.5. The van der Waals surface area contributed by atoms with E-state index in [0.717, 1.165) is 0 Å². The average molecular weight is 202 g/mol. The van der Waals surface area contributed by atoms with Crippen LogP contribution in [0.4, 0.5) is 4.39 Å². The summed E-state index contributed by atoms with van der Waals surface area (Å²) in [5, 5.41) is 0.564. The van der Waals surface area contributed by atoms with Crippen LogP contribution in [0, 0.1) is 12.7 Å². The fraction of sp³-hybridized carbons (Fsp3) is 0.400. The SMILES string of the molecule is Cc1cc(Cl)cc(CC(C)N)c1F. The van der Waals surface area contributed by atoms with Crippen molar-refractivity contribution in [3.8, 4) is 0 Å². The third kappa shape index (κ3) is 2.68. The first-order valence-corrected chi connectivity index (χ1v) is 4.58. The van der Waals surface area contributed by atoms with Crippen LogP contribution in [-0.2, 0) is 6.42 Å². The van der Waals surface area contributed by atoms with Gasteiger partial charge in [0, 0.05) is 11.1 Å². The molecule has 0 aliphatic rings. The fourth-order valence-corrected chi connectivity index (χ4v) is 1.59. The molecule has 0 aromatic heterocycles. The number of hydrogen-bond acceptors (Lipinski definition) is 1. The quantitative estimate of drug-likeness (QED) is 0.783. The summed E-state index contributed by atoms with van der Waals surface area (Å²) in [7, 11) is 0. The van der Waals surface area contributed by atoms with Crippen LogP contribution in [-0.4, -0.2) is 6.04 Å².